The van der Waals surface area contributed by atoms with E-state index in [4.69, 9.17) is 5.73 Å². The zero-order valence-electron chi connectivity index (χ0n) is 15.7. The molecule has 0 atom stereocenters. The van der Waals surface area contributed by atoms with Gasteiger partial charge in [0.2, 0.25) is 10.0 Å². The normalized spacial score (nSPS) is 16.3. The van der Waals surface area contributed by atoms with Gasteiger partial charge in [0, 0.05) is 44.6 Å². The Kier molecular flexibility index (Phi) is 7.19. The lowest BCUT2D eigenvalue weighted by Crippen LogP contribution is -2.46. The second-order valence-corrected chi connectivity index (χ2v) is 9.54. The third-order valence-electron chi connectivity index (χ3n) is 4.79. The van der Waals surface area contributed by atoms with Gasteiger partial charge in [0.25, 0.3) is 5.91 Å². The van der Waals surface area contributed by atoms with Crippen LogP contribution in [0.15, 0.2) is 46.7 Å². The molecule has 0 aliphatic carbocycles. The molecular weight excluding hydrogens is 396 g/mol. The van der Waals surface area contributed by atoms with Crippen LogP contribution in [0.25, 0.3) is 0 Å². The van der Waals surface area contributed by atoms with E-state index in [0.29, 0.717) is 6.54 Å². The number of benzene rings is 1. The summed E-state index contributed by atoms with van der Waals surface area (Å²) in [6, 6.07) is 11.8. The number of primary amides is 1. The Morgan fingerprint density at radius 1 is 1.11 bits per heavy atom. The topological polar surface area (TPSA) is 95.7 Å². The van der Waals surface area contributed by atoms with Crippen molar-refractivity contribution in [3.05, 3.63) is 52.2 Å². The van der Waals surface area contributed by atoms with Gasteiger partial charge in [-0.2, -0.15) is 0 Å². The SMILES string of the molecule is NC(=O)c1cc(S(=O)(=O)NCCCN2CCN(Cc3ccccc3)CC2)cs1. The van der Waals surface area contributed by atoms with Crippen molar-refractivity contribution >= 4 is 27.3 Å². The largest absolute Gasteiger partial charge is 0.365 e. The van der Waals surface area contributed by atoms with Crippen molar-refractivity contribution in [2.45, 2.75) is 17.9 Å². The zero-order chi connectivity index (χ0) is 20.0. The highest BCUT2D eigenvalue weighted by Crippen LogP contribution is 2.18. The number of carbonyl (C=O) groups excluding carboxylic acids is 1. The maximum atomic E-state index is 12.3. The van der Waals surface area contributed by atoms with Crippen LogP contribution in [-0.2, 0) is 16.6 Å². The van der Waals surface area contributed by atoms with Gasteiger partial charge in [-0.05, 0) is 24.6 Å². The lowest BCUT2D eigenvalue weighted by Gasteiger charge is -2.34. The number of carbonyl (C=O) groups is 1. The van der Waals surface area contributed by atoms with E-state index in [0.717, 1.165) is 57.0 Å². The fourth-order valence-electron chi connectivity index (χ4n) is 3.19. The average molecular weight is 423 g/mol. The van der Waals surface area contributed by atoms with E-state index in [2.05, 4.69) is 38.8 Å². The molecular formula is C19H26N4O3S2. The molecule has 1 aliphatic heterocycles. The number of nitrogens with two attached hydrogens (primary N) is 1. The quantitative estimate of drug-likeness (QED) is 0.595. The number of piperazine rings is 1. The summed E-state index contributed by atoms with van der Waals surface area (Å²) in [6.45, 7) is 6.23. The number of amides is 1. The Labute approximate surface area is 170 Å². The lowest BCUT2D eigenvalue weighted by atomic mass is 10.2. The molecule has 0 radical (unpaired) electrons. The number of sulfonamides is 1. The van der Waals surface area contributed by atoms with E-state index in [1.807, 2.05) is 6.07 Å². The van der Waals surface area contributed by atoms with Gasteiger partial charge in [-0.25, -0.2) is 13.1 Å². The Bertz CT molecular complexity index is 876. The molecule has 9 heteroatoms. The van der Waals surface area contributed by atoms with Gasteiger partial charge in [-0.3, -0.25) is 9.69 Å². The van der Waals surface area contributed by atoms with Crippen molar-refractivity contribution in [2.24, 2.45) is 5.73 Å². The molecule has 1 aliphatic rings. The summed E-state index contributed by atoms with van der Waals surface area (Å²) in [5.74, 6) is -0.613. The van der Waals surface area contributed by atoms with Crippen molar-refractivity contribution in [1.29, 1.82) is 0 Å². The number of hydrogen-bond donors (Lipinski definition) is 2. The number of thiophene rings is 1. The van der Waals surface area contributed by atoms with E-state index >= 15 is 0 Å². The average Bonchev–Trinajstić information content (AvgIpc) is 3.19. The van der Waals surface area contributed by atoms with Crippen LogP contribution in [0.2, 0.25) is 0 Å². The Balaban J connectivity index is 1.36. The van der Waals surface area contributed by atoms with Crippen LogP contribution in [0.1, 0.15) is 21.7 Å². The molecule has 1 saturated heterocycles. The zero-order valence-corrected chi connectivity index (χ0v) is 17.3. The maximum absolute atomic E-state index is 12.3. The van der Waals surface area contributed by atoms with Crippen LogP contribution in [0.3, 0.4) is 0 Å². The number of nitrogens with zero attached hydrogens (tertiary/aromatic N) is 2. The van der Waals surface area contributed by atoms with E-state index in [1.54, 1.807) is 0 Å². The van der Waals surface area contributed by atoms with Gasteiger partial charge < -0.3 is 10.6 Å². The Hall–Kier alpha value is -1.78. The summed E-state index contributed by atoms with van der Waals surface area (Å²) in [5, 5.41) is 1.44. The van der Waals surface area contributed by atoms with Crippen LogP contribution < -0.4 is 10.5 Å². The molecule has 7 nitrogen and oxygen atoms in total. The molecule has 1 fully saturated rings. The van der Waals surface area contributed by atoms with E-state index in [-0.39, 0.29) is 9.77 Å². The number of rotatable bonds is 9. The van der Waals surface area contributed by atoms with Crippen molar-refractivity contribution in [3.63, 3.8) is 0 Å². The number of hydrogen-bond acceptors (Lipinski definition) is 6. The summed E-state index contributed by atoms with van der Waals surface area (Å²) in [7, 11) is -3.59. The van der Waals surface area contributed by atoms with Crippen LogP contribution in [0.5, 0.6) is 0 Å². The monoisotopic (exact) mass is 422 g/mol. The number of nitrogens with one attached hydrogen (secondary N) is 1. The molecule has 3 rings (SSSR count). The Morgan fingerprint density at radius 2 is 1.79 bits per heavy atom. The van der Waals surface area contributed by atoms with E-state index in [9.17, 15) is 13.2 Å². The molecule has 0 bridgehead atoms. The van der Waals surface area contributed by atoms with Crippen LogP contribution in [0, 0.1) is 0 Å². The maximum Gasteiger partial charge on any atom is 0.258 e. The molecule has 3 N–H and O–H groups in total. The first-order chi connectivity index (χ1) is 13.4. The second-order valence-electron chi connectivity index (χ2n) is 6.87. The minimum atomic E-state index is -3.59. The third kappa shape index (κ3) is 5.86. The molecule has 152 valence electrons. The fourth-order valence-corrected chi connectivity index (χ4v) is 5.39. The van der Waals surface area contributed by atoms with Gasteiger partial charge in [0.1, 0.15) is 0 Å². The van der Waals surface area contributed by atoms with E-state index in [1.165, 1.54) is 17.0 Å². The van der Waals surface area contributed by atoms with Crippen LogP contribution >= 0.6 is 11.3 Å². The molecule has 2 heterocycles. The van der Waals surface area contributed by atoms with Crippen molar-refractivity contribution in [3.8, 4) is 0 Å². The van der Waals surface area contributed by atoms with Crippen molar-refractivity contribution in [1.82, 2.24) is 14.5 Å². The van der Waals surface area contributed by atoms with Gasteiger partial charge >= 0.3 is 0 Å². The highest BCUT2D eigenvalue weighted by molar-refractivity contribution is 7.89. The summed E-state index contributed by atoms with van der Waals surface area (Å²) in [5.41, 5.74) is 6.51. The van der Waals surface area contributed by atoms with Crippen LogP contribution in [-0.4, -0.2) is 63.4 Å². The first-order valence-corrected chi connectivity index (χ1v) is 11.7. The summed E-state index contributed by atoms with van der Waals surface area (Å²) >= 11 is 1.04. The predicted molar refractivity (Wildman–Crippen MR) is 111 cm³/mol. The molecule has 1 aromatic heterocycles. The molecule has 1 aromatic carbocycles. The Morgan fingerprint density at radius 3 is 2.43 bits per heavy atom. The summed E-state index contributed by atoms with van der Waals surface area (Å²) < 4.78 is 27.1. The fraction of sp³-hybridized carbons (Fsp3) is 0.421. The standard InChI is InChI=1S/C19H26N4O3S2/c20-19(24)18-13-17(15-27-18)28(25,26)21-7-4-8-22-9-11-23(12-10-22)14-16-5-2-1-3-6-16/h1-3,5-6,13,15,21H,4,7-12,14H2,(H2,20,24). The molecule has 28 heavy (non-hydrogen) atoms. The highest BCUT2D eigenvalue weighted by Gasteiger charge is 2.19. The van der Waals surface area contributed by atoms with Gasteiger partial charge in [-0.1, -0.05) is 30.3 Å². The van der Waals surface area contributed by atoms with Gasteiger partial charge in [0.05, 0.1) is 9.77 Å². The summed E-state index contributed by atoms with van der Waals surface area (Å²) in [4.78, 5) is 16.3. The predicted octanol–water partition coefficient (Wildman–Crippen LogP) is 1.33. The first-order valence-electron chi connectivity index (χ1n) is 9.31. The second kappa shape index (κ2) is 9.62. The highest BCUT2D eigenvalue weighted by atomic mass is 32.2. The molecule has 0 saturated carbocycles. The molecule has 0 spiro atoms. The minimum absolute atomic E-state index is 0.0980. The summed E-state index contributed by atoms with van der Waals surface area (Å²) in [6.07, 6.45) is 0.741. The molecule has 2 aromatic rings. The molecule has 0 unspecified atom stereocenters. The van der Waals surface area contributed by atoms with Gasteiger partial charge in [0.15, 0.2) is 0 Å². The van der Waals surface area contributed by atoms with Crippen LogP contribution in [0.4, 0.5) is 0 Å². The first kappa shape index (κ1) is 20.9. The van der Waals surface area contributed by atoms with Crippen molar-refractivity contribution < 1.29 is 13.2 Å². The lowest BCUT2D eigenvalue weighted by molar-refractivity contribution is 0.100. The smallest absolute Gasteiger partial charge is 0.258 e. The van der Waals surface area contributed by atoms with Crippen molar-refractivity contribution in [2.75, 3.05) is 39.3 Å². The minimum Gasteiger partial charge on any atom is -0.365 e. The third-order valence-corrected chi connectivity index (χ3v) is 7.32. The molecule has 1 amide bonds. The van der Waals surface area contributed by atoms with E-state index < -0.39 is 15.9 Å². The van der Waals surface area contributed by atoms with Gasteiger partial charge in [-0.15, -0.1) is 11.3 Å².